The molecular formula is C10H12ClNO4. The molecule has 1 unspecified atom stereocenters. The third-order valence-corrected chi connectivity index (χ3v) is 1.99. The Hall–Kier alpha value is -1.59. The Labute approximate surface area is 98.3 Å². The van der Waals surface area contributed by atoms with E-state index in [-0.39, 0.29) is 30.1 Å². The molecule has 0 aliphatic carbocycles. The fourth-order valence-electron chi connectivity index (χ4n) is 1.17. The smallest absolute Gasteiger partial charge is 0.320 e. The molecule has 0 saturated heterocycles. The van der Waals surface area contributed by atoms with Gasteiger partial charge in [0, 0.05) is 0 Å². The number of benzene rings is 1. The molecule has 0 aliphatic rings. The summed E-state index contributed by atoms with van der Waals surface area (Å²) < 4.78 is 0. The van der Waals surface area contributed by atoms with Crippen molar-refractivity contribution >= 4 is 24.7 Å². The molecule has 0 aromatic heterocycles. The molecule has 0 radical (unpaired) electrons. The van der Waals surface area contributed by atoms with Crippen molar-refractivity contribution < 1.29 is 19.8 Å². The predicted octanol–water partition coefficient (Wildman–Crippen LogP) is 0.581. The molecule has 1 atom stereocenters. The Kier molecular flexibility index (Phi) is 5.49. The van der Waals surface area contributed by atoms with E-state index in [2.05, 4.69) is 0 Å². The van der Waals surface area contributed by atoms with Crippen LogP contribution in [0.3, 0.4) is 0 Å². The lowest BCUT2D eigenvalue weighted by Crippen LogP contribution is -2.32. The molecule has 1 aromatic carbocycles. The Morgan fingerprint density at radius 1 is 1.50 bits per heavy atom. The van der Waals surface area contributed by atoms with Gasteiger partial charge in [0.2, 0.25) is 0 Å². The van der Waals surface area contributed by atoms with Crippen LogP contribution < -0.4 is 5.73 Å². The summed E-state index contributed by atoms with van der Waals surface area (Å²) in [7, 11) is 0. The van der Waals surface area contributed by atoms with Crippen molar-refractivity contribution in [3.8, 4) is 5.75 Å². The lowest BCUT2D eigenvalue weighted by Gasteiger charge is -2.07. The first kappa shape index (κ1) is 14.4. The van der Waals surface area contributed by atoms with E-state index in [0.717, 1.165) is 0 Å². The standard InChI is InChI=1S/C10H11NO4.ClH/c11-8(10(14)15)4-6-1-2-9(13)7(3-6)5-12;/h1-3,5,8,13H,4,11H2,(H,14,15);1H. The van der Waals surface area contributed by atoms with Crippen molar-refractivity contribution in [1.82, 2.24) is 0 Å². The van der Waals surface area contributed by atoms with E-state index >= 15 is 0 Å². The van der Waals surface area contributed by atoms with Gasteiger partial charge in [0.05, 0.1) is 5.56 Å². The van der Waals surface area contributed by atoms with Crippen molar-refractivity contribution in [1.29, 1.82) is 0 Å². The average molecular weight is 246 g/mol. The Morgan fingerprint density at radius 2 is 2.12 bits per heavy atom. The fourth-order valence-corrected chi connectivity index (χ4v) is 1.17. The number of halogens is 1. The number of rotatable bonds is 4. The number of carbonyl (C=O) groups is 2. The third-order valence-electron chi connectivity index (χ3n) is 1.99. The largest absolute Gasteiger partial charge is 0.507 e. The molecular weight excluding hydrogens is 234 g/mol. The number of aliphatic carboxylic acids is 1. The second-order valence-electron chi connectivity index (χ2n) is 3.16. The van der Waals surface area contributed by atoms with Gasteiger partial charge in [-0.3, -0.25) is 9.59 Å². The summed E-state index contributed by atoms with van der Waals surface area (Å²) in [6, 6.07) is 3.29. The molecule has 6 heteroatoms. The van der Waals surface area contributed by atoms with Gasteiger partial charge in [-0.1, -0.05) is 6.07 Å². The van der Waals surface area contributed by atoms with Crippen LogP contribution in [0, 0.1) is 0 Å². The SMILES string of the molecule is Cl.NC(Cc1ccc(O)c(C=O)c1)C(=O)O. The molecule has 5 nitrogen and oxygen atoms in total. The molecule has 88 valence electrons. The number of nitrogens with two attached hydrogens (primary N) is 1. The summed E-state index contributed by atoms with van der Waals surface area (Å²) in [5.41, 5.74) is 6.06. The van der Waals surface area contributed by atoms with Gasteiger partial charge in [-0.05, 0) is 24.1 Å². The van der Waals surface area contributed by atoms with E-state index in [1.165, 1.54) is 18.2 Å². The fraction of sp³-hybridized carbons (Fsp3) is 0.200. The number of carboxylic acid groups (broad SMARTS) is 1. The second kappa shape index (κ2) is 6.09. The van der Waals surface area contributed by atoms with Crippen molar-refractivity contribution in [2.24, 2.45) is 5.73 Å². The van der Waals surface area contributed by atoms with Crippen LogP contribution in [0.2, 0.25) is 0 Å². The molecule has 0 aliphatic heterocycles. The molecule has 0 fully saturated rings. The maximum absolute atomic E-state index is 10.5. The van der Waals surface area contributed by atoms with Gasteiger partial charge in [0.1, 0.15) is 11.8 Å². The number of hydrogen-bond acceptors (Lipinski definition) is 4. The van der Waals surface area contributed by atoms with Gasteiger partial charge in [-0.25, -0.2) is 0 Å². The molecule has 1 rings (SSSR count). The van der Waals surface area contributed by atoms with E-state index in [1.54, 1.807) is 0 Å². The average Bonchev–Trinajstić information content (AvgIpc) is 2.20. The van der Waals surface area contributed by atoms with Crippen molar-refractivity contribution in [2.75, 3.05) is 0 Å². The zero-order valence-corrected chi connectivity index (χ0v) is 9.11. The lowest BCUT2D eigenvalue weighted by atomic mass is 10.0. The van der Waals surface area contributed by atoms with Gasteiger partial charge < -0.3 is 15.9 Å². The van der Waals surface area contributed by atoms with Gasteiger partial charge in [0.15, 0.2) is 6.29 Å². The predicted molar refractivity (Wildman–Crippen MR) is 60.1 cm³/mol. The Balaban J connectivity index is 0.00000225. The quantitative estimate of drug-likeness (QED) is 0.674. The lowest BCUT2D eigenvalue weighted by molar-refractivity contribution is -0.138. The van der Waals surface area contributed by atoms with Crippen LogP contribution in [0.4, 0.5) is 0 Å². The Morgan fingerprint density at radius 3 is 2.62 bits per heavy atom. The van der Waals surface area contributed by atoms with Crippen molar-refractivity contribution in [3.05, 3.63) is 29.3 Å². The minimum Gasteiger partial charge on any atom is -0.507 e. The number of aldehydes is 1. The summed E-state index contributed by atoms with van der Waals surface area (Å²) >= 11 is 0. The monoisotopic (exact) mass is 245 g/mol. The second-order valence-corrected chi connectivity index (χ2v) is 3.16. The molecule has 0 amide bonds. The zero-order chi connectivity index (χ0) is 11.4. The highest BCUT2D eigenvalue weighted by atomic mass is 35.5. The summed E-state index contributed by atoms with van der Waals surface area (Å²) in [6.45, 7) is 0. The van der Waals surface area contributed by atoms with Gasteiger partial charge >= 0.3 is 5.97 Å². The minimum absolute atomic E-state index is 0. The van der Waals surface area contributed by atoms with Crippen molar-refractivity contribution in [3.63, 3.8) is 0 Å². The summed E-state index contributed by atoms with van der Waals surface area (Å²) in [5, 5.41) is 17.8. The zero-order valence-electron chi connectivity index (χ0n) is 8.29. The van der Waals surface area contributed by atoms with Gasteiger partial charge in [-0.2, -0.15) is 0 Å². The Bertz CT molecular complexity index is 394. The van der Waals surface area contributed by atoms with E-state index in [1.807, 2.05) is 0 Å². The van der Waals surface area contributed by atoms with Crippen LogP contribution in [-0.2, 0) is 11.2 Å². The minimum atomic E-state index is -1.10. The molecule has 0 bridgehead atoms. The molecule has 1 aromatic rings. The first-order valence-corrected chi connectivity index (χ1v) is 4.30. The van der Waals surface area contributed by atoms with Crippen LogP contribution in [-0.4, -0.2) is 28.5 Å². The number of hydrogen-bond donors (Lipinski definition) is 3. The highest BCUT2D eigenvalue weighted by Gasteiger charge is 2.12. The van der Waals surface area contributed by atoms with Gasteiger partial charge in [0.25, 0.3) is 0 Å². The van der Waals surface area contributed by atoms with Crippen LogP contribution >= 0.6 is 12.4 Å². The normalized spacial score (nSPS) is 11.3. The van der Waals surface area contributed by atoms with Crippen LogP contribution in [0.5, 0.6) is 5.75 Å². The number of aromatic hydroxyl groups is 1. The van der Waals surface area contributed by atoms with E-state index < -0.39 is 12.0 Å². The summed E-state index contributed by atoms with van der Waals surface area (Å²) in [4.78, 5) is 21.0. The highest BCUT2D eigenvalue weighted by Crippen LogP contribution is 2.17. The number of phenolic OH excluding ortho intramolecular Hbond substituents is 1. The van der Waals surface area contributed by atoms with Crippen LogP contribution in [0.25, 0.3) is 0 Å². The van der Waals surface area contributed by atoms with E-state index in [9.17, 15) is 14.7 Å². The first-order valence-electron chi connectivity index (χ1n) is 4.30. The molecule has 4 N–H and O–H groups in total. The van der Waals surface area contributed by atoms with Crippen LogP contribution in [0.1, 0.15) is 15.9 Å². The summed E-state index contributed by atoms with van der Waals surface area (Å²) in [6.07, 6.45) is 0.627. The maximum Gasteiger partial charge on any atom is 0.320 e. The first-order chi connectivity index (χ1) is 7.04. The molecule has 0 spiro atoms. The molecule has 0 heterocycles. The van der Waals surface area contributed by atoms with Gasteiger partial charge in [-0.15, -0.1) is 12.4 Å². The van der Waals surface area contributed by atoms with Crippen LogP contribution in [0.15, 0.2) is 18.2 Å². The highest BCUT2D eigenvalue weighted by molar-refractivity contribution is 5.85. The number of carboxylic acids is 1. The topological polar surface area (TPSA) is 101 Å². The number of phenols is 1. The maximum atomic E-state index is 10.5. The summed E-state index contributed by atoms with van der Waals surface area (Å²) in [5.74, 6) is -1.23. The molecule has 16 heavy (non-hydrogen) atoms. The van der Waals surface area contributed by atoms with E-state index in [0.29, 0.717) is 11.8 Å². The van der Waals surface area contributed by atoms with E-state index in [4.69, 9.17) is 10.8 Å². The van der Waals surface area contributed by atoms with Crippen molar-refractivity contribution in [2.45, 2.75) is 12.5 Å². The number of carbonyl (C=O) groups excluding carboxylic acids is 1. The molecule has 0 saturated carbocycles. The third kappa shape index (κ3) is 3.52.